The van der Waals surface area contributed by atoms with Gasteiger partial charge < -0.3 is 23.4 Å². The van der Waals surface area contributed by atoms with Gasteiger partial charge in [0, 0.05) is 11.4 Å². The van der Waals surface area contributed by atoms with Crippen LogP contribution in [0.1, 0.15) is 39.1 Å². The van der Waals surface area contributed by atoms with Gasteiger partial charge in [-0.2, -0.15) is 0 Å². The molecular formula is C15H29N3O6P2. The highest BCUT2D eigenvalue weighted by Gasteiger charge is 2.51. The summed E-state index contributed by atoms with van der Waals surface area (Å²) in [6.07, 6.45) is 0. The number of nitrogens with zero attached hydrogens (tertiary/aromatic N) is 2. The van der Waals surface area contributed by atoms with E-state index in [-0.39, 0.29) is 32.4 Å². The predicted molar refractivity (Wildman–Crippen MR) is 101 cm³/mol. The minimum atomic E-state index is -3.91. The number of nitrogens with one attached hydrogen (secondary N) is 1. The molecule has 0 saturated heterocycles. The van der Waals surface area contributed by atoms with E-state index in [4.69, 9.17) is 18.1 Å². The van der Waals surface area contributed by atoms with E-state index >= 15 is 0 Å². The molecule has 1 N–H and O–H groups in total. The Kier molecular flexibility index (Phi) is 9.38. The maximum atomic E-state index is 13.4. The predicted octanol–water partition coefficient (Wildman–Crippen LogP) is 4.32. The van der Waals surface area contributed by atoms with Crippen molar-refractivity contribution < 1.29 is 27.2 Å². The molecule has 150 valence electrons. The second-order valence-electron chi connectivity index (χ2n) is 5.24. The van der Waals surface area contributed by atoms with Crippen molar-refractivity contribution in [3.63, 3.8) is 0 Å². The third kappa shape index (κ3) is 6.12. The molecule has 0 aromatic carbocycles. The third-order valence-electron chi connectivity index (χ3n) is 3.08. The van der Waals surface area contributed by atoms with Crippen molar-refractivity contribution in [2.24, 2.45) is 0 Å². The zero-order chi connectivity index (χ0) is 19.8. The van der Waals surface area contributed by atoms with E-state index in [0.29, 0.717) is 11.4 Å². The summed E-state index contributed by atoms with van der Waals surface area (Å²) < 4.78 is 48.3. The molecular weight excluding hydrogens is 380 g/mol. The summed E-state index contributed by atoms with van der Waals surface area (Å²) in [6, 6.07) is 1.79. The Bertz CT molecular complexity index is 603. The lowest BCUT2D eigenvalue weighted by Gasteiger charge is -2.31. The van der Waals surface area contributed by atoms with Crippen molar-refractivity contribution in [2.75, 3.05) is 31.7 Å². The van der Waals surface area contributed by atoms with Crippen molar-refractivity contribution >= 4 is 21.1 Å². The van der Waals surface area contributed by atoms with E-state index in [1.807, 2.05) is 0 Å². The summed E-state index contributed by atoms with van der Waals surface area (Å²) >= 11 is 0. The van der Waals surface area contributed by atoms with Crippen LogP contribution in [0.4, 0.5) is 5.95 Å². The molecule has 0 spiro atoms. The molecule has 0 aliphatic rings. The van der Waals surface area contributed by atoms with Gasteiger partial charge in [0.25, 0.3) is 0 Å². The highest BCUT2D eigenvalue weighted by molar-refractivity contribution is 7.72. The molecule has 1 aromatic heterocycles. The fraction of sp³-hybridized carbons (Fsp3) is 0.733. The van der Waals surface area contributed by atoms with Gasteiger partial charge in [0.15, 0.2) is 0 Å². The van der Waals surface area contributed by atoms with Crippen LogP contribution in [0.5, 0.6) is 0 Å². The Morgan fingerprint density at radius 3 is 1.50 bits per heavy atom. The van der Waals surface area contributed by atoms with Gasteiger partial charge >= 0.3 is 15.2 Å². The molecule has 1 aromatic rings. The average Bonchev–Trinajstić information content (AvgIpc) is 2.52. The zero-order valence-corrected chi connectivity index (χ0v) is 18.0. The van der Waals surface area contributed by atoms with Crippen LogP contribution in [0.25, 0.3) is 0 Å². The van der Waals surface area contributed by atoms with Crippen molar-refractivity contribution in [3.05, 3.63) is 17.5 Å². The maximum absolute atomic E-state index is 13.4. The quantitative estimate of drug-likeness (QED) is 0.505. The summed E-state index contributed by atoms with van der Waals surface area (Å²) in [5, 5.41) is 2.83. The molecule has 0 atom stereocenters. The molecule has 0 aliphatic heterocycles. The summed E-state index contributed by atoms with van der Waals surface area (Å²) in [5.74, 6) is 0.145. The molecule has 0 saturated carbocycles. The fourth-order valence-electron chi connectivity index (χ4n) is 2.31. The van der Waals surface area contributed by atoms with Crippen molar-refractivity contribution in [1.82, 2.24) is 9.97 Å². The first-order valence-electron chi connectivity index (χ1n) is 8.61. The van der Waals surface area contributed by atoms with Crippen molar-refractivity contribution in [3.8, 4) is 0 Å². The van der Waals surface area contributed by atoms with Crippen LogP contribution >= 0.6 is 15.2 Å². The monoisotopic (exact) mass is 409 g/mol. The summed E-state index contributed by atoms with van der Waals surface area (Å²) in [7, 11) is -7.82. The van der Waals surface area contributed by atoms with Crippen LogP contribution in [0.15, 0.2) is 6.07 Å². The molecule has 0 amide bonds. The van der Waals surface area contributed by atoms with Gasteiger partial charge in [0.2, 0.25) is 11.5 Å². The van der Waals surface area contributed by atoms with Gasteiger partial charge in [0.05, 0.1) is 26.4 Å². The smallest absolute Gasteiger partial charge is 0.330 e. The number of hydrogen-bond acceptors (Lipinski definition) is 9. The maximum Gasteiger partial charge on any atom is 0.365 e. The molecule has 0 bridgehead atoms. The van der Waals surface area contributed by atoms with Crippen LogP contribution in [0, 0.1) is 13.8 Å². The molecule has 1 rings (SSSR count). The minimum absolute atomic E-state index is 0.0986. The Morgan fingerprint density at radius 1 is 0.846 bits per heavy atom. The molecule has 11 heteroatoms. The lowest BCUT2D eigenvalue weighted by Crippen LogP contribution is -2.26. The Labute approximate surface area is 155 Å². The largest absolute Gasteiger partial charge is 0.365 e. The number of anilines is 1. The van der Waals surface area contributed by atoms with Gasteiger partial charge in [-0.25, -0.2) is 9.97 Å². The SMILES string of the molecule is CCOP(=O)(OCC)C(Nc1nc(C)cc(C)n1)P(=O)(OCC)OCC. The van der Waals surface area contributed by atoms with E-state index in [2.05, 4.69) is 15.3 Å². The van der Waals surface area contributed by atoms with E-state index in [1.165, 1.54) is 0 Å². The van der Waals surface area contributed by atoms with Gasteiger partial charge in [-0.15, -0.1) is 0 Å². The average molecular weight is 409 g/mol. The van der Waals surface area contributed by atoms with Gasteiger partial charge in [-0.05, 0) is 47.6 Å². The van der Waals surface area contributed by atoms with Crippen LogP contribution in [0.3, 0.4) is 0 Å². The highest BCUT2D eigenvalue weighted by Crippen LogP contribution is 2.69. The molecule has 9 nitrogen and oxygen atoms in total. The van der Waals surface area contributed by atoms with E-state index in [0.717, 1.165) is 0 Å². The molecule has 1 heterocycles. The highest BCUT2D eigenvalue weighted by atomic mass is 31.2. The Morgan fingerprint density at radius 2 is 1.19 bits per heavy atom. The number of rotatable bonds is 12. The van der Waals surface area contributed by atoms with Gasteiger partial charge in [0.1, 0.15) is 0 Å². The number of hydrogen-bond donors (Lipinski definition) is 1. The second-order valence-corrected chi connectivity index (χ2v) is 9.88. The fourth-order valence-corrected chi connectivity index (χ4v) is 7.20. The van der Waals surface area contributed by atoms with Crippen LogP contribution in [-0.2, 0) is 27.2 Å². The topological polar surface area (TPSA) is 109 Å². The second kappa shape index (κ2) is 10.5. The summed E-state index contributed by atoms with van der Waals surface area (Å²) in [4.78, 5) is 8.51. The molecule has 0 fully saturated rings. The number of aromatic nitrogens is 2. The van der Waals surface area contributed by atoms with Crippen LogP contribution < -0.4 is 5.32 Å². The van der Waals surface area contributed by atoms with Gasteiger partial charge in [-0.3, -0.25) is 9.13 Å². The first-order valence-corrected chi connectivity index (χ1v) is 11.8. The van der Waals surface area contributed by atoms with Crippen LogP contribution in [-0.4, -0.2) is 41.9 Å². The summed E-state index contributed by atoms with van der Waals surface area (Å²) in [5.41, 5.74) is 0.00380. The first kappa shape index (κ1) is 23.2. The standard InChI is InChI=1S/C15H29N3O6P2/c1-7-21-25(19,22-8-2)15(26(20,23-9-3)24-10-4)18-14-16-12(5)11-13(6)17-14/h11,15H,7-10H2,1-6H3,(H,16,17,18). The van der Waals surface area contributed by atoms with E-state index < -0.39 is 20.7 Å². The molecule has 0 aliphatic carbocycles. The Balaban J connectivity index is 3.43. The molecule has 0 radical (unpaired) electrons. The normalized spacial score (nSPS) is 12.6. The van der Waals surface area contributed by atoms with Crippen LogP contribution in [0.2, 0.25) is 0 Å². The third-order valence-corrected chi connectivity index (χ3v) is 8.70. The molecule has 0 unspecified atom stereocenters. The zero-order valence-electron chi connectivity index (χ0n) is 16.2. The Hall–Kier alpha value is -0.820. The molecule has 26 heavy (non-hydrogen) atoms. The summed E-state index contributed by atoms with van der Waals surface area (Å²) in [6.45, 7) is 10.7. The lowest BCUT2D eigenvalue weighted by atomic mass is 10.4. The minimum Gasteiger partial charge on any atom is -0.330 e. The van der Waals surface area contributed by atoms with Gasteiger partial charge in [-0.1, -0.05) is 0 Å². The van der Waals surface area contributed by atoms with E-state index in [1.54, 1.807) is 47.6 Å². The lowest BCUT2D eigenvalue weighted by molar-refractivity contribution is 0.198. The van der Waals surface area contributed by atoms with Crippen molar-refractivity contribution in [2.45, 2.75) is 47.1 Å². The number of aryl methyl sites for hydroxylation is 2. The first-order chi connectivity index (χ1) is 12.2. The van der Waals surface area contributed by atoms with E-state index in [9.17, 15) is 9.13 Å². The van der Waals surface area contributed by atoms with Crippen molar-refractivity contribution in [1.29, 1.82) is 0 Å².